The third-order valence-corrected chi connectivity index (χ3v) is 3.37. The van der Waals surface area contributed by atoms with Gasteiger partial charge in [-0.3, -0.25) is 0 Å². The monoisotopic (exact) mass is 264 g/mol. The number of hydrogen-bond donors (Lipinski definition) is 1. The maximum atomic E-state index is 11.8. The van der Waals surface area contributed by atoms with Gasteiger partial charge in [0.25, 0.3) is 0 Å². The summed E-state index contributed by atoms with van der Waals surface area (Å²) in [6.07, 6.45) is 1.86. The predicted octanol–water partition coefficient (Wildman–Crippen LogP) is 3.47. The van der Waals surface area contributed by atoms with E-state index in [4.69, 9.17) is 4.74 Å². The molecule has 4 nitrogen and oxygen atoms in total. The molecule has 2 rings (SSSR count). The Morgan fingerprint density at radius 3 is 2.53 bits per heavy atom. The van der Waals surface area contributed by atoms with Crippen LogP contribution in [0.5, 0.6) is 0 Å². The second-order valence-electron chi connectivity index (χ2n) is 6.63. The van der Waals surface area contributed by atoms with Crippen LogP contribution < -0.4 is 0 Å². The summed E-state index contributed by atoms with van der Waals surface area (Å²) in [5.41, 5.74) is 2.13. The Hall–Kier alpha value is -1.45. The summed E-state index contributed by atoms with van der Waals surface area (Å²) in [5, 5.41) is 0. The highest BCUT2D eigenvalue weighted by Crippen LogP contribution is 2.29. The molecule has 2 heterocycles. The molecule has 4 heteroatoms. The summed E-state index contributed by atoms with van der Waals surface area (Å²) in [6.45, 7) is 11.5. The highest BCUT2D eigenvalue weighted by molar-refractivity contribution is 5.69. The number of ether oxygens (including phenoxy) is 1. The van der Waals surface area contributed by atoms with Gasteiger partial charge in [0, 0.05) is 30.9 Å². The molecular formula is C15H24N2O2. The van der Waals surface area contributed by atoms with Crippen LogP contribution >= 0.6 is 0 Å². The van der Waals surface area contributed by atoms with Gasteiger partial charge in [0.1, 0.15) is 5.60 Å². The molecule has 1 amide bonds. The van der Waals surface area contributed by atoms with Gasteiger partial charge in [0.15, 0.2) is 0 Å². The Morgan fingerprint density at radius 1 is 1.42 bits per heavy atom. The van der Waals surface area contributed by atoms with E-state index in [0.29, 0.717) is 11.8 Å². The number of carbonyl (C=O) groups is 1. The van der Waals surface area contributed by atoms with Gasteiger partial charge in [-0.05, 0) is 38.3 Å². The van der Waals surface area contributed by atoms with E-state index in [1.54, 1.807) is 4.90 Å². The van der Waals surface area contributed by atoms with Crippen molar-refractivity contribution in [3.63, 3.8) is 0 Å². The Kier molecular flexibility index (Phi) is 3.61. The van der Waals surface area contributed by atoms with Crippen LogP contribution in [0.3, 0.4) is 0 Å². The fourth-order valence-corrected chi connectivity index (χ4v) is 2.15. The lowest BCUT2D eigenvalue weighted by molar-refractivity contribution is 0.00791. The number of aromatic nitrogens is 1. The second kappa shape index (κ2) is 4.91. The minimum Gasteiger partial charge on any atom is -0.444 e. The molecule has 1 fully saturated rings. The molecule has 1 saturated heterocycles. The standard InChI is InChI=1S/C15H24N2O2/c1-10(2)11-6-13(16-7-11)12-8-17(9-12)14(18)19-15(3,4)5/h6-7,10,12,16H,8-9H2,1-5H3. The smallest absolute Gasteiger partial charge is 0.410 e. The van der Waals surface area contributed by atoms with Crippen molar-refractivity contribution in [2.75, 3.05) is 13.1 Å². The summed E-state index contributed by atoms with van der Waals surface area (Å²) in [7, 11) is 0. The van der Waals surface area contributed by atoms with Crippen molar-refractivity contribution in [2.45, 2.75) is 52.1 Å². The normalized spacial score (nSPS) is 16.6. The van der Waals surface area contributed by atoms with Crippen molar-refractivity contribution in [3.8, 4) is 0 Å². The lowest BCUT2D eigenvalue weighted by atomic mass is 9.96. The summed E-state index contributed by atoms with van der Waals surface area (Å²) in [5.74, 6) is 0.951. The first-order valence-electron chi connectivity index (χ1n) is 6.92. The number of hydrogen-bond acceptors (Lipinski definition) is 2. The number of rotatable bonds is 2. The first-order chi connectivity index (χ1) is 8.76. The predicted molar refractivity (Wildman–Crippen MR) is 75.4 cm³/mol. The largest absolute Gasteiger partial charge is 0.444 e. The Balaban J connectivity index is 1.87. The molecule has 0 unspecified atom stereocenters. The lowest BCUT2D eigenvalue weighted by Crippen LogP contribution is -2.50. The third kappa shape index (κ3) is 3.31. The highest BCUT2D eigenvalue weighted by atomic mass is 16.6. The van der Waals surface area contributed by atoms with Gasteiger partial charge in [-0.1, -0.05) is 13.8 Å². The zero-order chi connectivity index (χ0) is 14.2. The van der Waals surface area contributed by atoms with Crippen molar-refractivity contribution in [3.05, 3.63) is 23.5 Å². The van der Waals surface area contributed by atoms with E-state index in [9.17, 15) is 4.79 Å². The van der Waals surface area contributed by atoms with Crippen molar-refractivity contribution in [2.24, 2.45) is 0 Å². The molecule has 1 aliphatic rings. The van der Waals surface area contributed by atoms with E-state index in [2.05, 4.69) is 31.1 Å². The molecule has 1 aromatic heterocycles. The number of likely N-dealkylation sites (tertiary alicyclic amines) is 1. The number of amides is 1. The molecule has 0 aromatic carbocycles. The fraction of sp³-hybridized carbons (Fsp3) is 0.667. The molecule has 1 aliphatic heterocycles. The van der Waals surface area contributed by atoms with Crippen molar-refractivity contribution in [1.29, 1.82) is 0 Å². The lowest BCUT2D eigenvalue weighted by Gasteiger charge is -2.39. The van der Waals surface area contributed by atoms with Crippen molar-refractivity contribution < 1.29 is 9.53 Å². The van der Waals surface area contributed by atoms with E-state index >= 15 is 0 Å². The maximum absolute atomic E-state index is 11.8. The first kappa shape index (κ1) is 14.0. The minimum atomic E-state index is -0.417. The molecular weight excluding hydrogens is 240 g/mol. The van der Waals surface area contributed by atoms with E-state index < -0.39 is 5.60 Å². The maximum Gasteiger partial charge on any atom is 0.410 e. The summed E-state index contributed by atoms with van der Waals surface area (Å²) < 4.78 is 5.35. The van der Waals surface area contributed by atoms with Crippen LogP contribution in [0.2, 0.25) is 0 Å². The highest BCUT2D eigenvalue weighted by Gasteiger charge is 2.35. The molecule has 0 radical (unpaired) electrons. The van der Waals surface area contributed by atoms with Gasteiger partial charge in [0.05, 0.1) is 0 Å². The number of nitrogens with zero attached hydrogens (tertiary/aromatic N) is 1. The van der Waals surface area contributed by atoms with Crippen LogP contribution in [-0.4, -0.2) is 34.7 Å². The summed E-state index contributed by atoms with van der Waals surface area (Å²) >= 11 is 0. The van der Waals surface area contributed by atoms with Crippen molar-refractivity contribution >= 4 is 6.09 Å². The molecule has 0 atom stereocenters. The van der Waals surface area contributed by atoms with Crippen LogP contribution in [0, 0.1) is 0 Å². The number of aromatic amines is 1. The van der Waals surface area contributed by atoms with Gasteiger partial charge < -0.3 is 14.6 Å². The minimum absolute atomic E-state index is 0.209. The van der Waals surface area contributed by atoms with Gasteiger partial charge in [-0.25, -0.2) is 4.79 Å². The van der Waals surface area contributed by atoms with Crippen LogP contribution in [0.25, 0.3) is 0 Å². The van der Waals surface area contributed by atoms with Crippen molar-refractivity contribution in [1.82, 2.24) is 9.88 Å². The average molecular weight is 264 g/mol. The molecule has 0 aliphatic carbocycles. The fourth-order valence-electron chi connectivity index (χ4n) is 2.15. The van der Waals surface area contributed by atoms with E-state index in [1.165, 1.54) is 11.3 Å². The van der Waals surface area contributed by atoms with E-state index in [0.717, 1.165) is 13.1 Å². The topological polar surface area (TPSA) is 45.3 Å². The molecule has 0 saturated carbocycles. The number of H-pyrrole nitrogens is 1. The quantitative estimate of drug-likeness (QED) is 0.889. The van der Waals surface area contributed by atoms with Gasteiger partial charge >= 0.3 is 6.09 Å². The van der Waals surface area contributed by atoms with Crippen LogP contribution in [-0.2, 0) is 4.74 Å². The summed E-state index contributed by atoms with van der Waals surface area (Å²) in [6, 6.07) is 2.21. The van der Waals surface area contributed by atoms with E-state index in [-0.39, 0.29) is 6.09 Å². The third-order valence-electron chi connectivity index (χ3n) is 3.37. The van der Waals surface area contributed by atoms with Gasteiger partial charge in [0.2, 0.25) is 0 Å². The average Bonchev–Trinajstić information content (AvgIpc) is 2.61. The second-order valence-corrected chi connectivity index (χ2v) is 6.63. The molecule has 0 bridgehead atoms. The Labute approximate surface area is 115 Å². The SMILES string of the molecule is CC(C)c1c[nH]c(C2CN(C(=O)OC(C)(C)C)C2)c1. The molecule has 19 heavy (non-hydrogen) atoms. The number of nitrogens with one attached hydrogen (secondary N) is 1. The van der Waals surface area contributed by atoms with Gasteiger partial charge in [-0.15, -0.1) is 0 Å². The van der Waals surface area contributed by atoms with Crippen LogP contribution in [0.15, 0.2) is 12.3 Å². The molecule has 0 spiro atoms. The zero-order valence-electron chi connectivity index (χ0n) is 12.5. The summed E-state index contributed by atoms with van der Waals surface area (Å²) in [4.78, 5) is 16.9. The first-order valence-corrected chi connectivity index (χ1v) is 6.92. The number of carbonyl (C=O) groups excluding carboxylic acids is 1. The van der Waals surface area contributed by atoms with E-state index in [1.807, 2.05) is 20.8 Å². The van der Waals surface area contributed by atoms with Crippen LogP contribution in [0.1, 0.15) is 57.7 Å². The molecule has 1 N–H and O–H groups in total. The Morgan fingerprint density at radius 2 is 2.05 bits per heavy atom. The molecule has 1 aromatic rings. The van der Waals surface area contributed by atoms with Crippen LogP contribution in [0.4, 0.5) is 4.79 Å². The van der Waals surface area contributed by atoms with Gasteiger partial charge in [-0.2, -0.15) is 0 Å². The zero-order valence-corrected chi connectivity index (χ0v) is 12.5. The Bertz CT molecular complexity index is 451. The molecule has 106 valence electrons.